The smallest absolute Gasteiger partial charge is 0.417 e. The van der Waals surface area contributed by atoms with Crippen molar-refractivity contribution in [3.63, 3.8) is 0 Å². The Morgan fingerprint density at radius 1 is 1.26 bits per heavy atom. The predicted molar refractivity (Wildman–Crippen MR) is 92.2 cm³/mol. The summed E-state index contributed by atoms with van der Waals surface area (Å²) in [7, 11) is -3.50. The Balaban J connectivity index is 4.86. The highest BCUT2D eigenvalue weighted by Crippen LogP contribution is 2.47. The second kappa shape index (κ2) is 8.47. The fraction of sp³-hybridized carbons (Fsp3) is 0.857. The zero-order chi connectivity index (χ0) is 18.5. The SMILES string of the molecule is COP(=O)(OC)C(=[N+]=[N-])C(=O)CC(C)CO[Si](C)(C)C(C)(C)C. The maximum atomic E-state index is 12.2. The highest BCUT2D eigenvalue weighted by molar-refractivity contribution is 7.74. The van der Waals surface area contributed by atoms with E-state index in [9.17, 15) is 9.36 Å². The van der Waals surface area contributed by atoms with Gasteiger partial charge in [0.05, 0.1) is 0 Å². The van der Waals surface area contributed by atoms with Crippen molar-refractivity contribution in [1.82, 2.24) is 0 Å². The van der Waals surface area contributed by atoms with E-state index in [0.717, 1.165) is 14.2 Å². The van der Waals surface area contributed by atoms with Gasteiger partial charge in [-0.15, -0.1) is 0 Å². The quantitative estimate of drug-likeness (QED) is 0.204. The molecule has 1 atom stereocenters. The van der Waals surface area contributed by atoms with E-state index in [1.807, 2.05) is 6.92 Å². The Labute approximate surface area is 140 Å². The molecule has 0 spiro atoms. The van der Waals surface area contributed by atoms with E-state index >= 15 is 0 Å². The summed E-state index contributed by atoms with van der Waals surface area (Å²) in [6, 6.07) is 0. The first-order valence-electron chi connectivity index (χ1n) is 7.46. The molecule has 23 heavy (non-hydrogen) atoms. The molecule has 1 unspecified atom stereocenters. The summed E-state index contributed by atoms with van der Waals surface area (Å²) in [5.41, 5.74) is 8.40. The number of nitrogens with zero attached hydrogens (tertiary/aromatic N) is 2. The van der Waals surface area contributed by atoms with Gasteiger partial charge >= 0.3 is 13.0 Å². The number of Topliss-reactive ketones (excluding diaryl/α,β-unsaturated/α-hetero) is 1. The molecule has 0 saturated carbocycles. The van der Waals surface area contributed by atoms with Crippen LogP contribution in [0.5, 0.6) is 0 Å². The second-order valence-corrected chi connectivity index (χ2v) is 14.0. The molecule has 0 aliphatic heterocycles. The number of ketones is 1. The molecule has 0 radical (unpaired) electrons. The molecule has 0 N–H and O–H groups in total. The van der Waals surface area contributed by atoms with Gasteiger partial charge in [-0.05, 0) is 24.1 Å². The van der Waals surface area contributed by atoms with Gasteiger partial charge in [-0.2, -0.15) is 4.79 Å². The minimum Gasteiger partial charge on any atom is -0.417 e. The normalized spacial score (nSPS) is 14.3. The molecule has 134 valence electrons. The Hall–Kier alpha value is -0.623. The maximum absolute atomic E-state index is 12.2. The molecule has 0 rings (SSSR count). The van der Waals surface area contributed by atoms with Crippen molar-refractivity contribution in [2.75, 3.05) is 20.8 Å². The summed E-state index contributed by atoms with van der Waals surface area (Å²) in [6.07, 6.45) is 0.0325. The zero-order valence-corrected chi connectivity index (χ0v) is 17.3. The molecular weight excluding hydrogens is 335 g/mol. The van der Waals surface area contributed by atoms with Gasteiger partial charge in [0.15, 0.2) is 8.32 Å². The monoisotopic (exact) mass is 364 g/mol. The van der Waals surface area contributed by atoms with Crippen LogP contribution in [0, 0.1) is 5.92 Å². The molecular formula is C14H29N2O5PSi. The van der Waals surface area contributed by atoms with Gasteiger partial charge in [0, 0.05) is 27.2 Å². The van der Waals surface area contributed by atoms with Crippen molar-refractivity contribution in [1.29, 1.82) is 0 Å². The van der Waals surface area contributed by atoms with Gasteiger partial charge in [0.25, 0.3) is 5.78 Å². The predicted octanol–water partition coefficient (Wildman–Crippen LogP) is 3.72. The topological polar surface area (TPSA) is 98.2 Å². The van der Waals surface area contributed by atoms with E-state index in [-0.39, 0.29) is 17.4 Å². The summed E-state index contributed by atoms with van der Waals surface area (Å²) < 4.78 is 27.6. The Bertz CT molecular complexity index is 516. The van der Waals surface area contributed by atoms with E-state index in [2.05, 4.69) is 38.7 Å². The first-order valence-corrected chi connectivity index (χ1v) is 11.9. The molecule has 7 nitrogen and oxygen atoms in total. The average Bonchev–Trinajstić information content (AvgIpc) is 2.44. The first kappa shape index (κ1) is 22.4. The van der Waals surface area contributed by atoms with Crippen LogP contribution in [0.25, 0.3) is 5.53 Å². The van der Waals surface area contributed by atoms with Crippen LogP contribution in [0.2, 0.25) is 18.1 Å². The lowest BCUT2D eigenvalue weighted by Gasteiger charge is -2.36. The van der Waals surface area contributed by atoms with Crippen LogP contribution in [0.4, 0.5) is 0 Å². The fourth-order valence-electron chi connectivity index (χ4n) is 1.54. The summed E-state index contributed by atoms with van der Waals surface area (Å²) >= 11 is 0. The lowest BCUT2D eigenvalue weighted by Crippen LogP contribution is -2.42. The first-order chi connectivity index (χ1) is 10.3. The standard InChI is InChI=1S/C14H29N2O5PSi/c1-11(10-21-23(7,8)14(2,3)4)9-12(17)13(16-15)22(18,19-5)20-6/h11H,9-10H2,1-8H3. The number of rotatable bonds is 9. The largest absolute Gasteiger partial charge is 0.446 e. The molecule has 0 aliphatic carbocycles. The van der Waals surface area contributed by atoms with Crippen LogP contribution >= 0.6 is 7.60 Å². The third-order valence-corrected chi connectivity index (χ3v) is 10.5. The lowest BCUT2D eigenvalue weighted by atomic mass is 10.1. The van der Waals surface area contributed by atoms with Crippen LogP contribution in [0.3, 0.4) is 0 Å². The molecule has 0 amide bonds. The van der Waals surface area contributed by atoms with Crippen LogP contribution in [-0.4, -0.2) is 45.2 Å². The maximum Gasteiger partial charge on any atom is 0.446 e. The Morgan fingerprint density at radius 2 is 1.74 bits per heavy atom. The molecule has 0 aromatic heterocycles. The molecule has 0 saturated heterocycles. The van der Waals surface area contributed by atoms with Crippen LogP contribution < -0.4 is 0 Å². The van der Waals surface area contributed by atoms with Gasteiger partial charge < -0.3 is 19.0 Å². The van der Waals surface area contributed by atoms with Gasteiger partial charge in [0.1, 0.15) is 0 Å². The minimum absolute atomic E-state index is 0.0325. The van der Waals surface area contributed by atoms with Crippen molar-refractivity contribution >= 4 is 27.1 Å². The molecule has 0 fully saturated rings. The van der Waals surface area contributed by atoms with Gasteiger partial charge in [0.2, 0.25) is 0 Å². The molecule has 0 aromatic carbocycles. The summed E-state index contributed by atoms with van der Waals surface area (Å²) in [4.78, 5) is 15.0. The Kier molecular flexibility index (Phi) is 8.24. The summed E-state index contributed by atoms with van der Waals surface area (Å²) in [5.74, 6) is -0.693. The summed E-state index contributed by atoms with van der Waals surface area (Å²) in [5, 5.41) is 0.0796. The average molecular weight is 364 g/mol. The number of carbonyl (C=O) groups excluding carboxylic acids is 1. The van der Waals surface area contributed by atoms with Crippen molar-refractivity contribution in [3.8, 4) is 0 Å². The lowest BCUT2D eigenvalue weighted by molar-refractivity contribution is -0.117. The number of hydrogen-bond acceptors (Lipinski definition) is 5. The van der Waals surface area contributed by atoms with Crippen molar-refractivity contribution in [2.24, 2.45) is 5.92 Å². The third kappa shape index (κ3) is 6.07. The van der Waals surface area contributed by atoms with E-state index in [1.165, 1.54) is 0 Å². The highest BCUT2D eigenvalue weighted by Gasteiger charge is 2.44. The van der Waals surface area contributed by atoms with E-state index in [1.54, 1.807) is 0 Å². The minimum atomic E-state index is -3.86. The highest BCUT2D eigenvalue weighted by atomic mass is 31.2. The van der Waals surface area contributed by atoms with E-state index in [4.69, 9.17) is 19.0 Å². The van der Waals surface area contributed by atoms with Crippen LogP contribution in [0.1, 0.15) is 34.1 Å². The molecule has 0 bridgehead atoms. The Morgan fingerprint density at radius 3 is 2.09 bits per heavy atom. The summed E-state index contributed by atoms with van der Waals surface area (Å²) in [6.45, 7) is 12.9. The van der Waals surface area contributed by atoms with E-state index < -0.39 is 27.1 Å². The van der Waals surface area contributed by atoms with Gasteiger partial charge in [-0.1, -0.05) is 27.7 Å². The number of carbonyl (C=O) groups is 1. The molecule has 0 aromatic rings. The molecule has 0 aliphatic rings. The van der Waals surface area contributed by atoms with Crippen LogP contribution in [-0.2, 0) is 22.8 Å². The van der Waals surface area contributed by atoms with Gasteiger partial charge in [-0.3, -0.25) is 4.79 Å². The van der Waals surface area contributed by atoms with E-state index in [0.29, 0.717) is 6.61 Å². The van der Waals surface area contributed by atoms with Gasteiger partial charge in [-0.25, -0.2) is 4.57 Å². The van der Waals surface area contributed by atoms with Crippen molar-refractivity contribution in [2.45, 2.75) is 52.2 Å². The fourth-order valence-corrected chi connectivity index (χ4v) is 3.68. The van der Waals surface area contributed by atoms with Crippen molar-refractivity contribution < 1.29 is 27.6 Å². The molecule has 0 heterocycles. The number of hydrogen-bond donors (Lipinski definition) is 0. The third-order valence-electron chi connectivity index (χ3n) is 4.15. The van der Waals surface area contributed by atoms with Crippen molar-refractivity contribution in [3.05, 3.63) is 5.53 Å². The zero-order valence-electron chi connectivity index (χ0n) is 15.4. The van der Waals surface area contributed by atoms with Crippen LogP contribution in [0.15, 0.2) is 0 Å². The second-order valence-electron chi connectivity index (χ2n) is 7.09. The molecule has 9 heteroatoms.